The molecule has 3 heterocycles. The van der Waals surface area contributed by atoms with Crippen molar-refractivity contribution in [1.82, 2.24) is 14.5 Å². The first-order chi connectivity index (χ1) is 8.77. The number of hydrogen-bond acceptors (Lipinski definition) is 3. The molecule has 18 heavy (non-hydrogen) atoms. The van der Waals surface area contributed by atoms with Gasteiger partial charge in [0.15, 0.2) is 0 Å². The molecule has 1 aliphatic carbocycles. The molecule has 2 aromatic rings. The van der Waals surface area contributed by atoms with E-state index in [1.165, 1.54) is 12.8 Å². The summed E-state index contributed by atoms with van der Waals surface area (Å²) in [6.45, 7) is 1.85. The van der Waals surface area contributed by atoms with Crippen LogP contribution in [0, 0.1) is 0 Å². The van der Waals surface area contributed by atoms with Crippen molar-refractivity contribution in [3.8, 4) is 0 Å². The standard InChI is InChI=1S/C13H14BrN3O/c14-10-11-9(2-1-5-15-11)17-7-6-16(8-3-4-8)13(18)12(10)17/h1-2,5,8,13,18H,3-4,6-7H2. The lowest BCUT2D eigenvalue weighted by atomic mass is 10.2. The van der Waals surface area contributed by atoms with Gasteiger partial charge in [0.1, 0.15) is 11.7 Å². The molecule has 94 valence electrons. The Bertz CT molecular complexity index is 620. The summed E-state index contributed by atoms with van der Waals surface area (Å²) < 4.78 is 3.13. The minimum Gasteiger partial charge on any atom is -0.372 e. The fourth-order valence-electron chi connectivity index (χ4n) is 2.93. The van der Waals surface area contributed by atoms with Gasteiger partial charge < -0.3 is 9.67 Å². The van der Waals surface area contributed by atoms with Crippen molar-refractivity contribution in [2.45, 2.75) is 31.7 Å². The van der Waals surface area contributed by atoms with Crippen LogP contribution in [-0.4, -0.2) is 32.1 Å². The van der Waals surface area contributed by atoms with Crippen LogP contribution in [0.1, 0.15) is 24.8 Å². The minimum atomic E-state index is -0.505. The molecule has 0 saturated heterocycles. The SMILES string of the molecule is OC1c2c(Br)c3ncccc3n2CCN1C1CC1. The monoisotopic (exact) mass is 307 g/mol. The summed E-state index contributed by atoms with van der Waals surface area (Å²) in [7, 11) is 0. The maximum atomic E-state index is 10.6. The number of aromatic nitrogens is 2. The van der Waals surface area contributed by atoms with Crippen LogP contribution in [0.4, 0.5) is 0 Å². The molecule has 5 heteroatoms. The summed E-state index contributed by atoms with van der Waals surface area (Å²) in [5.41, 5.74) is 3.01. The lowest BCUT2D eigenvalue weighted by Crippen LogP contribution is -2.39. The zero-order valence-electron chi connectivity index (χ0n) is 9.88. The first-order valence-electron chi connectivity index (χ1n) is 6.34. The van der Waals surface area contributed by atoms with E-state index in [4.69, 9.17) is 0 Å². The van der Waals surface area contributed by atoms with Gasteiger partial charge in [0.05, 0.1) is 15.7 Å². The molecule has 0 aromatic carbocycles. The van der Waals surface area contributed by atoms with Crippen molar-refractivity contribution in [1.29, 1.82) is 0 Å². The Hall–Kier alpha value is -0.910. The van der Waals surface area contributed by atoms with Crippen LogP contribution < -0.4 is 0 Å². The number of aliphatic hydroxyl groups is 1. The number of nitrogens with zero attached hydrogens (tertiary/aromatic N) is 3. The third-order valence-electron chi connectivity index (χ3n) is 3.96. The van der Waals surface area contributed by atoms with Crippen molar-refractivity contribution < 1.29 is 5.11 Å². The zero-order valence-corrected chi connectivity index (χ0v) is 11.5. The molecule has 4 nitrogen and oxygen atoms in total. The predicted octanol–water partition coefficient (Wildman–Crippen LogP) is 2.27. The number of fused-ring (bicyclic) bond motifs is 3. The Kier molecular flexibility index (Phi) is 2.31. The van der Waals surface area contributed by atoms with E-state index in [9.17, 15) is 5.11 Å². The molecule has 0 amide bonds. The lowest BCUT2D eigenvalue weighted by Gasteiger charge is -2.34. The van der Waals surface area contributed by atoms with Crippen molar-refractivity contribution in [3.63, 3.8) is 0 Å². The Morgan fingerprint density at radius 2 is 2.17 bits per heavy atom. The molecular weight excluding hydrogens is 294 g/mol. The number of aliphatic hydroxyl groups excluding tert-OH is 1. The quantitative estimate of drug-likeness (QED) is 0.879. The second-order valence-electron chi connectivity index (χ2n) is 5.06. The number of pyridine rings is 1. The lowest BCUT2D eigenvalue weighted by molar-refractivity contribution is -0.0266. The molecule has 0 bridgehead atoms. The van der Waals surface area contributed by atoms with Crippen LogP contribution >= 0.6 is 15.9 Å². The summed E-state index contributed by atoms with van der Waals surface area (Å²) in [4.78, 5) is 6.62. The average Bonchev–Trinajstić information content (AvgIpc) is 3.18. The summed E-state index contributed by atoms with van der Waals surface area (Å²) in [6, 6.07) is 4.59. The molecule has 1 N–H and O–H groups in total. The van der Waals surface area contributed by atoms with E-state index in [0.717, 1.165) is 34.3 Å². The van der Waals surface area contributed by atoms with Crippen molar-refractivity contribution in [2.75, 3.05) is 6.54 Å². The second kappa shape index (κ2) is 3.79. The second-order valence-corrected chi connectivity index (χ2v) is 5.86. The van der Waals surface area contributed by atoms with E-state index in [1.54, 1.807) is 6.20 Å². The summed E-state index contributed by atoms with van der Waals surface area (Å²) >= 11 is 3.61. The summed E-state index contributed by atoms with van der Waals surface area (Å²) in [6.07, 6.45) is 3.72. The van der Waals surface area contributed by atoms with Gasteiger partial charge in [-0.25, -0.2) is 0 Å². The molecule has 0 radical (unpaired) electrons. The highest BCUT2D eigenvalue weighted by molar-refractivity contribution is 9.10. The predicted molar refractivity (Wildman–Crippen MR) is 72.1 cm³/mol. The third kappa shape index (κ3) is 1.41. The molecule has 2 aromatic heterocycles. The fraction of sp³-hybridized carbons (Fsp3) is 0.462. The van der Waals surface area contributed by atoms with Crippen LogP contribution in [0.15, 0.2) is 22.8 Å². The van der Waals surface area contributed by atoms with E-state index in [2.05, 4.69) is 36.4 Å². The maximum absolute atomic E-state index is 10.6. The van der Waals surface area contributed by atoms with E-state index in [0.29, 0.717) is 6.04 Å². The number of hydrogen-bond donors (Lipinski definition) is 1. The zero-order chi connectivity index (χ0) is 12.3. The molecule has 1 saturated carbocycles. The first kappa shape index (κ1) is 11.0. The Labute approximate surface area is 113 Å². The van der Waals surface area contributed by atoms with Crippen LogP contribution in [0.3, 0.4) is 0 Å². The molecule has 0 spiro atoms. The van der Waals surface area contributed by atoms with E-state index in [-0.39, 0.29) is 0 Å². The molecule has 2 aliphatic rings. The van der Waals surface area contributed by atoms with Gasteiger partial charge in [-0.1, -0.05) is 0 Å². The number of halogens is 1. The largest absolute Gasteiger partial charge is 0.372 e. The highest BCUT2D eigenvalue weighted by atomic mass is 79.9. The van der Waals surface area contributed by atoms with Gasteiger partial charge in [-0.15, -0.1) is 0 Å². The Morgan fingerprint density at radius 1 is 1.33 bits per heavy atom. The molecule has 1 atom stereocenters. The normalized spacial score (nSPS) is 24.4. The van der Waals surface area contributed by atoms with Crippen molar-refractivity contribution in [3.05, 3.63) is 28.5 Å². The van der Waals surface area contributed by atoms with Crippen LogP contribution in [0.5, 0.6) is 0 Å². The summed E-state index contributed by atoms with van der Waals surface area (Å²) in [5, 5.41) is 10.6. The topological polar surface area (TPSA) is 41.3 Å². The minimum absolute atomic E-state index is 0.505. The van der Waals surface area contributed by atoms with Crippen LogP contribution in [0.2, 0.25) is 0 Å². The van der Waals surface area contributed by atoms with E-state index >= 15 is 0 Å². The maximum Gasteiger partial charge on any atom is 0.150 e. The van der Waals surface area contributed by atoms with Gasteiger partial charge in [-0.3, -0.25) is 9.88 Å². The summed E-state index contributed by atoms with van der Waals surface area (Å²) in [5.74, 6) is 0. The molecule has 4 rings (SSSR count). The smallest absolute Gasteiger partial charge is 0.150 e. The van der Waals surface area contributed by atoms with Gasteiger partial charge in [0, 0.05) is 25.3 Å². The molecule has 1 fully saturated rings. The van der Waals surface area contributed by atoms with Crippen molar-refractivity contribution >= 4 is 27.0 Å². The molecular formula is C13H14BrN3O. The van der Waals surface area contributed by atoms with Crippen molar-refractivity contribution in [2.24, 2.45) is 0 Å². The van der Waals surface area contributed by atoms with E-state index in [1.807, 2.05) is 6.07 Å². The third-order valence-corrected chi connectivity index (χ3v) is 4.74. The fourth-order valence-corrected chi connectivity index (χ4v) is 3.65. The number of rotatable bonds is 1. The average molecular weight is 308 g/mol. The highest BCUT2D eigenvalue weighted by Gasteiger charge is 2.39. The molecule has 1 aliphatic heterocycles. The van der Waals surface area contributed by atoms with Gasteiger partial charge >= 0.3 is 0 Å². The Balaban J connectivity index is 1.91. The molecule has 1 unspecified atom stereocenters. The van der Waals surface area contributed by atoms with Crippen LogP contribution in [0.25, 0.3) is 11.0 Å². The first-order valence-corrected chi connectivity index (χ1v) is 7.13. The van der Waals surface area contributed by atoms with E-state index < -0.39 is 6.23 Å². The van der Waals surface area contributed by atoms with Gasteiger partial charge in [-0.05, 0) is 40.9 Å². The van der Waals surface area contributed by atoms with Crippen LogP contribution in [-0.2, 0) is 6.54 Å². The van der Waals surface area contributed by atoms with Gasteiger partial charge in [-0.2, -0.15) is 0 Å². The Morgan fingerprint density at radius 3 is 2.94 bits per heavy atom. The van der Waals surface area contributed by atoms with Gasteiger partial charge in [0.2, 0.25) is 0 Å². The van der Waals surface area contributed by atoms with Gasteiger partial charge in [0.25, 0.3) is 0 Å². The highest BCUT2D eigenvalue weighted by Crippen LogP contribution is 2.41.